The molecular weight excluding hydrogens is 202 g/mol. The average molecular weight is 217 g/mol. The Morgan fingerprint density at radius 1 is 1.38 bits per heavy atom. The van der Waals surface area contributed by atoms with Crippen LogP contribution in [0.25, 0.3) is 0 Å². The fraction of sp³-hybridized carbons (Fsp3) is 0.308. The topological polar surface area (TPSA) is 63.3 Å². The molecule has 0 amide bonds. The predicted octanol–water partition coefficient (Wildman–Crippen LogP) is 2.55. The molecule has 1 atom stereocenters. The molecule has 0 bridgehead atoms. The molecule has 1 aromatic rings. The normalized spacial score (nSPS) is 22.5. The Hall–Kier alpha value is -1.77. The summed E-state index contributed by atoms with van der Waals surface area (Å²) >= 11 is 0. The van der Waals surface area contributed by atoms with Crippen LogP contribution in [0.2, 0.25) is 0 Å². The summed E-state index contributed by atoms with van der Waals surface area (Å²) in [6.07, 6.45) is 4.12. The molecule has 3 nitrogen and oxygen atoms in total. The second-order valence-electron chi connectivity index (χ2n) is 4.25. The van der Waals surface area contributed by atoms with Gasteiger partial charge in [0.05, 0.1) is 0 Å². The fourth-order valence-electron chi connectivity index (χ4n) is 2.24. The minimum atomic E-state index is -0.840. The second-order valence-corrected chi connectivity index (χ2v) is 4.25. The Labute approximate surface area is 94.6 Å². The van der Waals surface area contributed by atoms with Crippen molar-refractivity contribution >= 4 is 11.7 Å². The molecule has 0 aliphatic heterocycles. The fourth-order valence-corrected chi connectivity index (χ4v) is 2.24. The number of rotatable bonds is 2. The first kappa shape index (κ1) is 10.7. The SMILES string of the molecule is Nc1ccc([C@@H]2CC/C(=C\C(=O)O)C2)cc1. The first-order valence-corrected chi connectivity index (χ1v) is 5.43. The van der Waals surface area contributed by atoms with Gasteiger partial charge in [0.1, 0.15) is 0 Å². The van der Waals surface area contributed by atoms with Crippen molar-refractivity contribution in [3.8, 4) is 0 Å². The van der Waals surface area contributed by atoms with Crippen LogP contribution in [-0.2, 0) is 4.79 Å². The lowest BCUT2D eigenvalue weighted by Crippen LogP contribution is -1.93. The predicted molar refractivity (Wildman–Crippen MR) is 63.2 cm³/mol. The van der Waals surface area contributed by atoms with Crippen molar-refractivity contribution in [2.45, 2.75) is 25.2 Å². The number of nitrogens with two attached hydrogens (primary N) is 1. The Balaban J connectivity index is 2.09. The quantitative estimate of drug-likeness (QED) is 0.591. The molecule has 2 rings (SSSR count). The Bertz CT molecular complexity index is 420. The van der Waals surface area contributed by atoms with Crippen LogP contribution in [-0.4, -0.2) is 11.1 Å². The van der Waals surface area contributed by atoms with Crippen molar-refractivity contribution in [2.75, 3.05) is 5.73 Å². The molecule has 16 heavy (non-hydrogen) atoms. The number of allylic oxidation sites excluding steroid dienone is 1. The molecule has 0 radical (unpaired) electrons. The van der Waals surface area contributed by atoms with Gasteiger partial charge in [-0.2, -0.15) is 0 Å². The Morgan fingerprint density at radius 3 is 2.69 bits per heavy atom. The van der Waals surface area contributed by atoms with Crippen molar-refractivity contribution in [3.63, 3.8) is 0 Å². The summed E-state index contributed by atoms with van der Waals surface area (Å²) in [5.41, 5.74) is 8.69. The van der Waals surface area contributed by atoms with Gasteiger partial charge >= 0.3 is 5.97 Å². The van der Waals surface area contributed by atoms with E-state index in [0.29, 0.717) is 5.92 Å². The lowest BCUT2D eigenvalue weighted by molar-refractivity contribution is -0.131. The summed E-state index contributed by atoms with van der Waals surface area (Å²) < 4.78 is 0. The molecule has 0 saturated heterocycles. The van der Waals surface area contributed by atoms with Gasteiger partial charge in [-0.3, -0.25) is 0 Å². The van der Waals surface area contributed by atoms with Crippen LogP contribution in [0.4, 0.5) is 5.69 Å². The number of carboxylic acids is 1. The van der Waals surface area contributed by atoms with Crippen LogP contribution in [0, 0.1) is 0 Å². The number of benzene rings is 1. The number of hydrogen-bond donors (Lipinski definition) is 2. The first-order chi connectivity index (χ1) is 7.65. The molecule has 1 aromatic carbocycles. The van der Waals surface area contributed by atoms with Gasteiger partial charge in [0.25, 0.3) is 0 Å². The molecule has 1 aliphatic carbocycles. The average Bonchev–Trinajstić information content (AvgIpc) is 2.66. The molecule has 0 aromatic heterocycles. The molecule has 0 unspecified atom stereocenters. The number of carboxylic acid groups (broad SMARTS) is 1. The van der Waals surface area contributed by atoms with Crippen molar-refractivity contribution in [2.24, 2.45) is 0 Å². The molecule has 84 valence electrons. The Kier molecular flexibility index (Phi) is 2.95. The van der Waals surface area contributed by atoms with E-state index in [1.165, 1.54) is 11.6 Å². The van der Waals surface area contributed by atoms with E-state index in [0.717, 1.165) is 30.5 Å². The number of aliphatic carboxylic acids is 1. The molecule has 0 spiro atoms. The van der Waals surface area contributed by atoms with Gasteiger partial charge in [0, 0.05) is 11.8 Å². The van der Waals surface area contributed by atoms with Gasteiger partial charge in [-0.05, 0) is 42.9 Å². The zero-order valence-corrected chi connectivity index (χ0v) is 9.02. The summed E-state index contributed by atoms with van der Waals surface area (Å²) in [6, 6.07) is 7.86. The summed E-state index contributed by atoms with van der Waals surface area (Å²) in [4.78, 5) is 10.6. The molecule has 3 N–H and O–H groups in total. The van der Waals surface area contributed by atoms with Crippen molar-refractivity contribution < 1.29 is 9.90 Å². The molecular formula is C13H15NO2. The minimum absolute atomic E-state index is 0.450. The monoisotopic (exact) mass is 217 g/mol. The highest BCUT2D eigenvalue weighted by Crippen LogP contribution is 2.37. The van der Waals surface area contributed by atoms with Crippen molar-refractivity contribution in [1.29, 1.82) is 0 Å². The first-order valence-electron chi connectivity index (χ1n) is 5.43. The van der Waals surface area contributed by atoms with Crippen LogP contribution in [0.3, 0.4) is 0 Å². The summed E-state index contributed by atoms with van der Waals surface area (Å²) in [6.45, 7) is 0. The van der Waals surface area contributed by atoms with Gasteiger partial charge in [0.15, 0.2) is 0 Å². The zero-order valence-electron chi connectivity index (χ0n) is 9.02. The van der Waals surface area contributed by atoms with Crippen LogP contribution in [0.5, 0.6) is 0 Å². The third-order valence-corrected chi connectivity index (χ3v) is 3.06. The van der Waals surface area contributed by atoms with Gasteiger partial charge in [-0.1, -0.05) is 17.7 Å². The zero-order chi connectivity index (χ0) is 11.5. The largest absolute Gasteiger partial charge is 0.478 e. The van der Waals surface area contributed by atoms with Crippen molar-refractivity contribution in [3.05, 3.63) is 41.5 Å². The summed E-state index contributed by atoms with van der Waals surface area (Å²) in [5, 5.41) is 8.67. The maximum absolute atomic E-state index is 10.6. The van der Waals surface area contributed by atoms with Crippen LogP contribution >= 0.6 is 0 Å². The highest BCUT2D eigenvalue weighted by atomic mass is 16.4. The maximum atomic E-state index is 10.6. The minimum Gasteiger partial charge on any atom is -0.478 e. The molecule has 1 aliphatic rings. The highest BCUT2D eigenvalue weighted by Gasteiger charge is 2.21. The van der Waals surface area contributed by atoms with Crippen LogP contribution < -0.4 is 5.73 Å². The van der Waals surface area contributed by atoms with E-state index in [2.05, 4.69) is 0 Å². The maximum Gasteiger partial charge on any atom is 0.328 e. The lowest BCUT2D eigenvalue weighted by atomic mass is 9.97. The third kappa shape index (κ3) is 2.42. The number of nitrogen functional groups attached to an aromatic ring is 1. The number of carbonyl (C=O) groups is 1. The van der Waals surface area contributed by atoms with Gasteiger partial charge in [-0.15, -0.1) is 0 Å². The van der Waals surface area contributed by atoms with Gasteiger partial charge in [0.2, 0.25) is 0 Å². The van der Waals surface area contributed by atoms with Gasteiger partial charge in [-0.25, -0.2) is 4.79 Å². The molecule has 3 heteroatoms. The van der Waals surface area contributed by atoms with Crippen molar-refractivity contribution in [1.82, 2.24) is 0 Å². The van der Waals surface area contributed by atoms with Gasteiger partial charge < -0.3 is 10.8 Å². The van der Waals surface area contributed by atoms with Crippen LogP contribution in [0.1, 0.15) is 30.7 Å². The van der Waals surface area contributed by atoms with E-state index >= 15 is 0 Å². The van der Waals surface area contributed by atoms with Crippen LogP contribution in [0.15, 0.2) is 35.9 Å². The van der Waals surface area contributed by atoms with E-state index < -0.39 is 5.97 Å². The smallest absolute Gasteiger partial charge is 0.328 e. The molecule has 1 saturated carbocycles. The number of hydrogen-bond acceptors (Lipinski definition) is 2. The van der Waals surface area contributed by atoms with E-state index in [1.807, 2.05) is 24.3 Å². The second kappa shape index (κ2) is 4.39. The van der Waals surface area contributed by atoms with E-state index in [9.17, 15) is 4.79 Å². The third-order valence-electron chi connectivity index (χ3n) is 3.06. The highest BCUT2D eigenvalue weighted by molar-refractivity contribution is 5.80. The Morgan fingerprint density at radius 2 is 2.06 bits per heavy atom. The standard InChI is InChI=1S/C13H15NO2/c14-12-5-3-10(4-6-12)11-2-1-9(7-11)8-13(15)16/h3-6,8,11H,1-2,7,14H2,(H,15,16)/b9-8+/t11-/m1/s1. The molecule has 0 heterocycles. The summed E-state index contributed by atoms with van der Waals surface area (Å²) in [5.74, 6) is -0.390. The van der Waals surface area contributed by atoms with E-state index in [4.69, 9.17) is 10.8 Å². The molecule has 1 fully saturated rings. The summed E-state index contributed by atoms with van der Waals surface area (Å²) in [7, 11) is 0. The lowest BCUT2D eigenvalue weighted by Gasteiger charge is -2.08. The van der Waals surface area contributed by atoms with E-state index in [1.54, 1.807) is 0 Å². The van der Waals surface area contributed by atoms with E-state index in [-0.39, 0.29) is 0 Å². The number of anilines is 1.